The summed E-state index contributed by atoms with van der Waals surface area (Å²) in [5.41, 5.74) is 5.23. The van der Waals surface area contributed by atoms with E-state index in [1.165, 1.54) is 0 Å². The third-order valence-electron chi connectivity index (χ3n) is 1.76. The molecule has 88 valence electrons. The summed E-state index contributed by atoms with van der Waals surface area (Å²) in [7, 11) is 0. The topological polar surface area (TPSA) is 77.2 Å². The summed E-state index contributed by atoms with van der Waals surface area (Å²) < 4.78 is 5.28. The van der Waals surface area contributed by atoms with Gasteiger partial charge in [-0.2, -0.15) is 0 Å². The standard InChI is InChI=1S/C10H14ClN3O2/c11-8-2-1-5-14-10(8)16-7-6-13-9(15)3-4-12/h1-2,5H,3-4,6-7,12H2,(H,13,15). The van der Waals surface area contributed by atoms with Gasteiger partial charge in [0.15, 0.2) is 0 Å². The maximum absolute atomic E-state index is 11.0. The van der Waals surface area contributed by atoms with Crippen molar-refractivity contribution in [2.75, 3.05) is 19.7 Å². The summed E-state index contributed by atoms with van der Waals surface area (Å²) in [5, 5.41) is 3.11. The van der Waals surface area contributed by atoms with E-state index in [0.29, 0.717) is 37.0 Å². The van der Waals surface area contributed by atoms with Gasteiger partial charge in [-0.1, -0.05) is 11.6 Å². The van der Waals surface area contributed by atoms with Crippen molar-refractivity contribution in [2.45, 2.75) is 6.42 Å². The van der Waals surface area contributed by atoms with Gasteiger partial charge in [0.25, 0.3) is 0 Å². The molecule has 0 bridgehead atoms. The fourth-order valence-electron chi connectivity index (χ4n) is 1.04. The van der Waals surface area contributed by atoms with Crippen LogP contribution in [-0.4, -0.2) is 30.6 Å². The van der Waals surface area contributed by atoms with Crippen molar-refractivity contribution in [3.8, 4) is 5.88 Å². The molecule has 1 amide bonds. The van der Waals surface area contributed by atoms with E-state index in [2.05, 4.69) is 10.3 Å². The van der Waals surface area contributed by atoms with Crippen molar-refractivity contribution in [3.63, 3.8) is 0 Å². The van der Waals surface area contributed by atoms with Crippen molar-refractivity contribution in [1.82, 2.24) is 10.3 Å². The molecule has 1 heterocycles. The lowest BCUT2D eigenvalue weighted by Gasteiger charge is -2.07. The lowest BCUT2D eigenvalue weighted by molar-refractivity contribution is -0.121. The van der Waals surface area contributed by atoms with E-state index in [1.807, 2.05) is 0 Å². The first-order chi connectivity index (χ1) is 7.74. The summed E-state index contributed by atoms with van der Waals surface area (Å²) in [6.45, 7) is 1.08. The highest BCUT2D eigenvalue weighted by Crippen LogP contribution is 2.19. The van der Waals surface area contributed by atoms with Gasteiger partial charge in [-0.15, -0.1) is 0 Å². The van der Waals surface area contributed by atoms with Crippen molar-refractivity contribution in [3.05, 3.63) is 23.4 Å². The van der Waals surface area contributed by atoms with Crippen LogP contribution in [0.2, 0.25) is 5.02 Å². The molecule has 0 aliphatic heterocycles. The van der Waals surface area contributed by atoms with Gasteiger partial charge in [0.1, 0.15) is 11.6 Å². The van der Waals surface area contributed by atoms with Crippen LogP contribution in [0.5, 0.6) is 5.88 Å². The number of carbonyl (C=O) groups is 1. The molecule has 0 fully saturated rings. The molecule has 1 aromatic rings. The zero-order chi connectivity index (χ0) is 11.8. The first-order valence-electron chi connectivity index (χ1n) is 4.94. The van der Waals surface area contributed by atoms with Crippen LogP contribution >= 0.6 is 11.6 Å². The number of pyridine rings is 1. The molecule has 3 N–H and O–H groups in total. The van der Waals surface area contributed by atoms with E-state index >= 15 is 0 Å². The van der Waals surface area contributed by atoms with Crippen molar-refractivity contribution in [1.29, 1.82) is 0 Å². The molecule has 0 aromatic carbocycles. The average molecular weight is 244 g/mol. The highest BCUT2D eigenvalue weighted by molar-refractivity contribution is 6.31. The Morgan fingerprint density at radius 1 is 1.62 bits per heavy atom. The number of rotatable bonds is 6. The number of hydrogen-bond donors (Lipinski definition) is 2. The molecule has 16 heavy (non-hydrogen) atoms. The Bertz CT molecular complexity index is 347. The van der Waals surface area contributed by atoms with Crippen molar-refractivity contribution in [2.24, 2.45) is 5.73 Å². The van der Waals surface area contributed by atoms with Gasteiger partial charge < -0.3 is 15.8 Å². The number of nitrogens with one attached hydrogen (secondary N) is 1. The van der Waals surface area contributed by atoms with Crippen LogP contribution in [0.4, 0.5) is 0 Å². The minimum Gasteiger partial charge on any atom is -0.475 e. The first-order valence-corrected chi connectivity index (χ1v) is 5.32. The maximum atomic E-state index is 11.0. The minimum absolute atomic E-state index is 0.0850. The summed E-state index contributed by atoms with van der Waals surface area (Å²) in [4.78, 5) is 15.0. The van der Waals surface area contributed by atoms with Gasteiger partial charge in [0, 0.05) is 19.2 Å². The van der Waals surface area contributed by atoms with E-state index < -0.39 is 0 Å². The predicted octanol–water partition coefficient (Wildman–Crippen LogP) is 0.579. The SMILES string of the molecule is NCCC(=O)NCCOc1ncccc1Cl. The number of hydrogen-bond acceptors (Lipinski definition) is 4. The lowest BCUT2D eigenvalue weighted by atomic mass is 10.4. The number of nitrogens with two attached hydrogens (primary N) is 1. The predicted molar refractivity (Wildman–Crippen MR) is 61.4 cm³/mol. The number of ether oxygens (including phenoxy) is 1. The van der Waals surface area contributed by atoms with Gasteiger partial charge in [-0.05, 0) is 12.1 Å². The Morgan fingerprint density at radius 3 is 3.12 bits per heavy atom. The fourth-order valence-corrected chi connectivity index (χ4v) is 1.21. The van der Waals surface area contributed by atoms with Crippen LogP contribution in [0.15, 0.2) is 18.3 Å². The zero-order valence-electron chi connectivity index (χ0n) is 8.78. The van der Waals surface area contributed by atoms with E-state index in [4.69, 9.17) is 22.1 Å². The highest BCUT2D eigenvalue weighted by atomic mass is 35.5. The maximum Gasteiger partial charge on any atom is 0.232 e. The second kappa shape index (κ2) is 7.03. The van der Waals surface area contributed by atoms with Gasteiger partial charge in [0.05, 0.1) is 6.54 Å². The molecule has 0 aliphatic rings. The molecule has 5 nitrogen and oxygen atoms in total. The molecule has 0 saturated heterocycles. The number of carbonyl (C=O) groups excluding carboxylic acids is 1. The molecule has 0 radical (unpaired) electrons. The molecule has 0 spiro atoms. The van der Waals surface area contributed by atoms with Crippen molar-refractivity contribution >= 4 is 17.5 Å². The van der Waals surface area contributed by atoms with E-state index in [9.17, 15) is 4.79 Å². The van der Waals surface area contributed by atoms with Crippen LogP contribution in [0.1, 0.15) is 6.42 Å². The quantitative estimate of drug-likeness (QED) is 0.717. The third-order valence-corrected chi connectivity index (χ3v) is 2.05. The summed E-state index contributed by atoms with van der Waals surface area (Å²) >= 11 is 5.82. The number of halogens is 1. The van der Waals surface area contributed by atoms with Crippen molar-refractivity contribution < 1.29 is 9.53 Å². The Morgan fingerprint density at radius 2 is 2.44 bits per heavy atom. The zero-order valence-corrected chi connectivity index (χ0v) is 9.54. The second-order valence-electron chi connectivity index (χ2n) is 3.03. The Kier molecular flexibility index (Phi) is 5.60. The molecule has 1 aromatic heterocycles. The molecular weight excluding hydrogens is 230 g/mol. The smallest absolute Gasteiger partial charge is 0.232 e. The monoisotopic (exact) mass is 243 g/mol. The van der Waals surface area contributed by atoms with Gasteiger partial charge >= 0.3 is 0 Å². The molecule has 6 heteroatoms. The number of amides is 1. The largest absolute Gasteiger partial charge is 0.475 e. The lowest BCUT2D eigenvalue weighted by Crippen LogP contribution is -2.29. The number of nitrogens with zero attached hydrogens (tertiary/aromatic N) is 1. The fraction of sp³-hybridized carbons (Fsp3) is 0.400. The van der Waals surface area contributed by atoms with Gasteiger partial charge in [-0.3, -0.25) is 4.79 Å². The Hall–Kier alpha value is -1.33. The minimum atomic E-state index is -0.0850. The highest BCUT2D eigenvalue weighted by Gasteiger charge is 2.02. The molecule has 0 unspecified atom stereocenters. The first kappa shape index (κ1) is 12.7. The van der Waals surface area contributed by atoms with E-state index in [-0.39, 0.29) is 5.91 Å². The Balaban J connectivity index is 2.21. The normalized spacial score (nSPS) is 9.88. The summed E-state index contributed by atoms with van der Waals surface area (Å²) in [5.74, 6) is 0.287. The van der Waals surface area contributed by atoms with E-state index in [1.54, 1.807) is 18.3 Å². The van der Waals surface area contributed by atoms with Crippen LogP contribution < -0.4 is 15.8 Å². The molecule has 0 saturated carbocycles. The Labute approximate surface area is 98.9 Å². The molecule has 0 atom stereocenters. The van der Waals surface area contributed by atoms with Crippen LogP contribution in [-0.2, 0) is 4.79 Å². The van der Waals surface area contributed by atoms with Crippen LogP contribution in [0.25, 0.3) is 0 Å². The van der Waals surface area contributed by atoms with Crippen LogP contribution in [0.3, 0.4) is 0 Å². The third kappa shape index (κ3) is 4.46. The van der Waals surface area contributed by atoms with Gasteiger partial charge in [-0.25, -0.2) is 4.98 Å². The summed E-state index contributed by atoms with van der Waals surface area (Å²) in [6, 6.07) is 3.41. The average Bonchev–Trinajstić information content (AvgIpc) is 2.27. The summed E-state index contributed by atoms with van der Waals surface area (Å²) in [6.07, 6.45) is 1.92. The van der Waals surface area contributed by atoms with Crippen LogP contribution in [0, 0.1) is 0 Å². The van der Waals surface area contributed by atoms with Gasteiger partial charge in [0.2, 0.25) is 11.8 Å². The molecular formula is C10H14ClN3O2. The number of aromatic nitrogens is 1. The second-order valence-corrected chi connectivity index (χ2v) is 3.43. The molecule has 1 rings (SSSR count). The van der Waals surface area contributed by atoms with E-state index in [0.717, 1.165) is 0 Å². The molecule has 0 aliphatic carbocycles.